The van der Waals surface area contributed by atoms with E-state index < -0.39 is 0 Å². The Kier molecular flexibility index (Phi) is 4.24. The van der Waals surface area contributed by atoms with Crippen molar-refractivity contribution < 1.29 is 4.79 Å². The van der Waals surface area contributed by atoms with E-state index in [9.17, 15) is 4.79 Å². The fourth-order valence-electron chi connectivity index (χ4n) is 4.09. The minimum absolute atomic E-state index is 0.133. The predicted molar refractivity (Wildman–Crippen MR) is 97.2 cm³/mol. The molecule has 3 nitrogen and oxygen atoms in total. The number of amides is 1. The van der Waals surface area contributed by atoms with Gasteiger partial charge < -0.3 is 10.2 Å². The number of nitrogens with one attached hydrogen (secondary N) is 1. The molecule has 0 saturated heterocycles. The number of rotatable bonds is 3. The minimum atomic E-state index is 0.133. The van der Waals surface area contributed by atoms with Crippen LogP contribution in [0, 0.1) is 0 Å². The molecule has 0 bridgehead atoms. The smallest absolute Gasteiger partial charge is 0.240 e. The van der Waals surface area contributed by atoms with Gasteiger partial charge in [-0.25, -0.2) is 0 Å². The third-order valence-electron chi connectivity index (χ3n) is 5.25. The first-order valence-electron chi connectivity index (χ1n) is 9.01. The van der Waals surface area contributed by atoms with Crippen molar-refractivity contribution >= 4 is 11.6 Å². The fraction of sp³-hybridized carbons (Fsp3) is 0.381. The normalized spacial score (nSPS) is 19.3. The van der Waals surface area contributed by atoms with Crippen LogP contribution >= 0.6 is 0 Å². The zero-order valence-electron chi connectivity index (χ0n) is 14.0. The van der Waals surface area contributed by atoms with Crippen LogP contribution in [0.15, 0.2) is 48.5 Å². The van der Waals surface area contributed by atoms with E-state index in [1.54, 1.807) is 0 Å². The highest BCUT2D eigenvalue weighted by Crippen LogP contribution is 2.30. The van der Waals surface area contributed by atoms with Gasteiger partial charge in [0.15, 0.2) is 0 Å². The van der Waals surface area contributed by atoms with Crippen molar-refractivity contribution in [2.45, 2.75) is 38.1 Å². The number of para-hydroxylation sites is 1. The summed E-state index contributed by atoms with van der Waals surface area (Å²) < 4.78 is 0. The lowest BCUT2D eigenvalue weighted by Gasteiger charge is -2.32. The molecule has 1 amide bonds. The van der Waals surface area contributed by atoms with Gasteiger partial charge in [0.2, 0.25) is 5.91 Å². The maximum atomic E-state index is 12.6. The molecule has 2 aromatic carbocycles. The lowest BCUT2D eigenvalue weighted by molar-refractivity contribution is -0.120. The highest BCUT2D eigenvalue weighted by Gasteiger charge is 2.23. The summed E-state index contributed by atoms with van der Waals surface area (Å²) in [7, 11) is 0. The molecule has 2 aliphatic rings. The van der Waals surface area contributed by atoms with E-state index in [-0.39, 0.29) is 11.9 Å². The molecule has 1 heterocycles. The molecule has 4 rings (SSSR count). The summed E-state index contributed by atoms with van der Waals surface area (Å²) in [5.41, 5.74) is 5.27. The molecule has 124 valence electrons. The topological polar surface area (TPSA) is 32.3 Å². The molecule has 1 N–H and O–H groups in total. The van der Waals surface area contributed by atoms with Crippen molar-refractivity contribution in [3.8, 4) is 0 Å². The monoisotopic (exact) mass is 320 g/mol. The Balaban J connectivity index is 1.45. The standard InChI is InChI=1S/C21H24N2O/c24-21(15-23-14-6-10-17-8-2-4-13-20(17)23)22-19-12-5-9-16-7-1-3-11-18(16)19/h1-4,7-8,11,13,19H,5-6,9-10,12,14-15H2,(H,22,24)/t19-/m1/s1. The average molecular weight is 320 g/mol. The van der Waals surface area contributed by atoms with Crippen molar-refractivity contribution in [1.82, 2.24) is 5.32 Å². The molecule has 1 aliphatic carbocycles. The zero-order chi connectivity index (χ0) is 16.4. The van der Waals surface area contributed by atoms with E-state index >= 15 is 0 Å². The van der Waals surface area contributed by atoms with Crippen LogP contribution in [0.3, 0.4) is 0 Å². The first-order chi connectivity index (χ1) is 11.8. The lowest BCUT2D eigenvalue weighted by Crippen LogP contribution is -2.41. The fourth-order valence-corrected chi connectivity index (χ4v) is 4.09. The Morgan fingerprint density at radius 2 is 1.75 bits per heavy atom. The first-order valence-corrected chi connectivity index (χ1v) is 9.01. The van der Waals surface area contributed by atoms with E-state index in [0.29, 0.717) is 6.54 Å². The zero-order valence-corrected chi connectivity index (χ0v) is 14.0. The van der Waals surface area contributed by atoms with Crippen LogP contribution in [-0.4, -0.2) is 19.0 Å². The van der Waals surface area contributed by atoms with Crippen LogP contribution < -0.4 is 10.2 Å². The largest absolute Gasteiger partial charge is 0.362 e. The molecular formula is C21H24N2O. The van der Waals surface area contributed by atoms with Crippen LogP contribution in [0.2, 0.25) is 0 Å². The summed E-state index contributed by atoms with van der Waals surface area (Å²) in [5.74, 6) is 0.133. The summed E-state index contributed by atoms with van der Waals surface area (Å²) in [6.45, 7) is 1.42. The first kappa shape index (κ1) is 15.3. The molecule has 3 heteroatoms. The van der Waals surface area contributed by atoms with E-state index in [1.807, 2.05) is 0 Å². The number of carbonyl (C=O) groups is 1. The van der Waals surface area contributed by atoms with Gasteiger partial charge in [-0.15, -0.1) is 0 Å². The molecule has 0 spiro atoms. The van der Waals surface area contributed by atoms with Gasteiger partial charge in [-0.1, -0.05) is 42.5 Å². The molecule has 1 aliphatic heterocycles. The van der Waals surface area contributed by atoms with Crippen LogP contribution in [0.4, 0.5) is 5.69 Å². The highest BCUT2D eigenvalue weighted by molar-refractivity contribution is 5.82. The van der Waals surface area contributed by atoms with Gasteiger partial charge in [0.05, 0.1) is 12.6 Å². The Hall–Kier alpha value is -2.29. The molecule has 0 unspecified atom stereocenters. The molecule has 1 atom stereocenters. The van der Waals surface area contributed by atoms with E-state index in [2.05, 4.69) is 58.7 Å². The van der Waals surface area contributed by atoms with Gasteiger partial charge in [0.1, 0.15) is 0 Å². The second kappa shape index (κ2) is 6.68. The van der Waals surface area contributed by atoms with Crippen molar-refractivity contribution in [1.29, 1.82) is 0 Å². The maximum absolute atomic E-state index is 12.6. The van der Waals surface area contributed by atoms with Gasteiger partial charge in [-0.2, -0.15) is 0 Å². The summed E-state index contributed by atoms with van der Waals surface area (Å²) >= 11 is 0. The van der Waals surface area contributed by atoms with E-state index in [4.69, 9.17) is 0 Å². The Bertz CT molecular complexity index is 679. The summed E-state index contributed by atoms with van der Waals surface area (Å²) in [6.07, 6.45) is 5.55. The van der Waals surface area contributed by atoms with Gasteiger partial charge in [-0.3, -0.25) is 4.79 Å². The SMILES string of the molecule is O=C(CN1CCCc2ccccc21)N[C@@H]1CCCc2ccccc21. The molecule has 0 saturated carbocycles. The number of carbonyl (C=O) groups excluding carboxylic acids is 1. The summed E-state index contributed by atoms with van der Waals surface area (Å²) in [6, 6.07) is 17.1. The molecule has 2 aromatic rings. The van der Waals surface area contributed by atoms with Gasteiger partial charge in [0.25, 0.3) is 0 Å². The van der Waals surface area contributed by atoms with Crippen LogP contribution in [0.5, 0.6) is 0 Å². The second-order valence-electron chi connectivity index (χ2n) is 6.86. The molecule has 0 fully saturated rings. The lowest BCUT2D eigenvalue weighted by atomic mass is 9.88. The Morgan fingerprint density at radius 3 is 2.67 bits per heavy atom. The van der Waals surface area contributed by atoms with E-state index in [0.717, 1.165) is 38.6 Å². The molecular weight excluding hydrogens is 296 g/mol. The van der Waals surface area contributed by atoms with Crippen molar-refractivity contribution in [3.05, 3.63) is 65.2 Å². The number of hydrogen-bond acceptors (Lipinski definition) is 2. The summed E-state index contributed by atoms with van der Waals surface area (Å²) in [4.78, 5) is 14.9. The number of fused-ring (bicyclic) bond motifs is 2. The van der Waals surface area contributed by atoms with Gasteiger partial charge in [0, 0.05) is 12.2 Å². The summed E-state index contributed by atoms with van der Waals surface area (Å²) in [5, 5.41) is 3.27. The number of benzene rings is 2. The van der Waals surface area contributed by atoms with Crippen molar-refractivity contribution in [2.24, 2.45) is 0 Å². The molecule has 24 heavy (non-hydrogen) atoms. The maximum Gasteiger partial charge on any atom is 0.240 e. The van der Waals surface area contributed by atoms with Crippen molar-refractivity contribution in [3.63, 3.8) is 0 Å². The number of aryl methyl sites for hydroxylation is 2. The van der Waals surface area contributed by atoms with Crippen LogP contribution in [-0.2, 0) is 17.6 Å². The van der Waals surface area contributed by atoms with Crippen LogP contribution in [0.25, 0.3) is 0 Å². The Labute approximate surface area is 143 Å². The average Bonchev–Trinajstić information content (AvgIpc) is 2.62. The van der Waals surface area contributed by atoms with Gasteiger partial charge >= 0.3 is 0 Å². The van der Waals surface area contributed by atoms with Crippen molar-refractivity contribution in [2.75, 3.05) is 18.0 Å². The molecule has 0 aromatic heterocycles. The number of nitrogens with zero attached hydrogens (tertiary/aromatic N) is 1. The quantitative estimate of drug-likeness (QED) is 0.936. The third-order valence-corrected chi connectivity index (χ3v) is 5.25. The highest BCUT2D eigenvalue weighted by atomic mass is 16.2. The Morgan fingerprint density at radius 1 is 1.00 bits per heavy atom. The van der Waals surface area contributed by atoms with E-state index in [1.165, 1.54) is 22.4 Å². The van der Waals surface area contributed by atoms with Gasteiger partial charge in [-0.05, 0) is 54.9 Å². The number of hydrogen-bond donors (Lipinski definition) is 1. The van der Waals surface area contributed by atoms with Crippen LogP contribution in [0.1, 0.15) is 42.0 Å². The minimum Gasteiger partial charge on any atom is -0.362 e. The number of anilines is 1. The third kappa shape index (κ3) is 3.03. The second-order valence-corrected chi connectivity index (χ2v) is 6.86. The molecule has 0 radical (unpaired) electrons. The predicted octanol–water partition coefficient (Wildman–Crippen LogP) is 3.63.